The van der Waals surface area contributed by atoms with E-state index in [1.807, 2.05) is 6.92 Å². The van der Waals surface area contributed by atoms with Gasteiger partial charge in [0.15, 0.2) is 0 Å². The summed E-state index contributed by atoms with van der Waals surface area (Å²) in [5.74, 6) is 0. The van der Waals surface area contributed by atoms with Crippen molar-refractivity contribution in [3.63, 3.8) is 0 Å². The van der Waals surface area contributed by atoms with Crippen LogP contribution in [0.25, 0.3) is 0 Å². The summed E-state index contributed by atoms with van der Waals surface area (Å²) in [6.07, 6.45) is 11.3. The fourth-order valence-corrected chi connectivity index (χ4v) is 3.94. The summed E-state index contributed by atoms with van der Waals surface area (Å²) in [7, 11) is 0. The van der Waals surface area contributed by atoms with Crippen molar-refractivity contribution < 1.29 is 10.2 Å². The average Bonchev–Trinajstić information content (AvgIpc) is 2.69. The van der Waals surface area contributed by atoms with Gasteiger partial charge in [-0.15, -0.1) is 0 Å². The van der Waals surface area contributed by atoms with Crippen LogP contribution in [0.5, 0.6) is 0 Å². The molecule has 2 aliphatic rings. The Balaban J connectivity index is 2.06. The number of hydrogen-bond donors (Lipinski definition) is 2. The SMILES string of the molecule is CC(O)CC1CCCCCN1C1CCCCCC1O. The van der Waals surface area contributed by atoms with Crippen molar-refractivity contribution in [1.29, 1.82) is 0 Å². The Morgan fingerprint density at radius 2 is 1.68 bits per heavy atom. The van der Waals surface area contributed by atoms with E-state index in [9.17, 15) is 10.2 Å². The molecule has 0 amide bonds. The van der Waals surface area contributed by atoms with Crippen molar-refractivity contribution in [1.82, 2.24) is 4.90 Å². The zero-order valence-electron chi connectivity index (χ0n) is 12.4. The highest BCUT2D eigenvalue weighted by atomic mass is 16.3. The van der Waals surface area contributed by atoms with Crippen LogP contribution in [0.3, 0.4) is 0 Å². The van der Waals surface area contributed by atoms with Gasteiger partial charge in [0.1, 0.15) is 0 Å². The summed E-state index contributed by atoms with van der Waals surface area (Å²) in [6, 6.07) is 0.810. The second-order valence-corrected chi connectivity index (χ2v) is 6.60. The molecule has 4 atom stereocenters. The lowest BCUT2D eigenvalue weighted by molar-refractivity contribution is 0.00738. The Hall–Kier alpha value is -0.120. The van der Waals surface area contributed by atoms with Crippen LogP contribution in [0.4, 0.5) is 0 Å². The van der Waals surface area contributed by atoms with Gasteiger partial charge in [-0.2, -0.15) is 0 Å². The molecule has 3 nitrogen and oxygen atoms in total. The standard InChI is InChI=1S/C16H31NO2/c1-13(18)12-14-8-4-3-7-11-17(14)15-9-5-2-6-10-16(15)19/h13-16,18-19H,2-12H2,1H3. The molecule has 112 valence electrons. The Morgan fingerprint density at radius 1 is 1.00 bits per heavy atom. The third-order valence-electron chi connectivity index (χ3n) is 4.91. The molecule has 2 fully saturated rings. The Bertz CT molecular complexity index is 257. The molecular weight excluding hydrogens is 238 g/mol. The molecule has 0 bridgehead atoms. The van der Waals surface area contributed by atoms with Crippen LogP contribution in [0.1, 0.15) is 71.1 Å². The quantitative estimate of drug-likeness (QED) is 0.774. The fourth-order valence-electron chi connectivity index (χ4n) is 3.94. The average molecular weight is 269 g/mol. The first kappa shape index (κ1) is 15.3. The third kappa shape index (κ3) is 4.44. The van der Waals surface area contributed by atoms with Crippen LogP contribution in [0.15, 0.2) is 0 Å². The van der Waals surface area contributed by atoms with E-state index in [0.29, 0.717) is 12.1 Å². The third-order valence-corrected chi connectivity index (χ3v) is 4.91. The first-order valence-electron chi connectivity index (χ1n) is 8.30. The van der Waals surface area contributed by atoms with Gasteiger partial charge in [-0.25, -0.2) is 0 Å². The Labute approximate surface area is 118 Å². The highest BCUT2D eigenvalue weighted by Gasteiger charge is 2.33. The summed E-state index contributed by atoms with van der Waals surface area (Å²) in [5, 5.41) is 20.2. The van der Waals surface area contributed by atoms with Crippen molar-refractivity contribution in [3.8, 4) is 0 Å². The first-order chi connectivity index (χ1) is 9.18. The first-order valence-corrected chi connectivity index (χ1v) is 8.30. The highest BCUT2D eigenvalue weighted by Crippen LogP contribution is 2.29. The fraction of sp³-hybridized carbons (Fsp3) is 1.00. The molecule has 3 heteroatoms. The summed E-state index contributed by atoms with van der Waals surface area (Å²) >= 11 is 0. The van der Waals surface area contributed by atoms with Crippen LogP contribution in [0, 0.1) is 0 Å². The molecule has 4 unspecified atom stereocenters. The minimum absolute atomic E-state index is 0.155. The summed E-state index contributed by atoms with van der Waals surface area (Å²) < 4.78 is 0. The molecule has 1 aliphatic carbocycles. The predicted octanol–water partition coefficient (Wildman–Crippen LogP) is 2.70. The number of aliphatic hydroxyl groups excluding tert-OH is 2. The lowest BCUT2D eigenvalue weighted by atomic mass is 9.97. The van der Waals surface area contributed by atoms with E-state index in [1.165, 1.54) is 44.9 Å². The Morgan fingerprint density at radius 3 is 2.47 bits per heavy atom. The van der Waals surface area contributed by atoms with E-state index in [-0.39, 0.29) is 12.2 Å². The van der Waals surface area contributed by atoms with Gasteiger partial charge in [0.25, 0.3) is 0 Å². The second kappa shape index (κ2) is 7.61. The van der Waals surface area contributed by atoms with Crippen molar-refractivity contribution in [2.24, 2.45) is 0 Å². The maximum absolute atomic E-state index is 10.4. The topological polar surface area (TPSA) is 43.7 Å². The van der Waals surface area contributed by atoms with E-state index < -0.39 is 0 Å². The lowest BCUT2D eigenvalue weighted by Crippen LogP contribution is -2.49. The van der Waals surface area contributed by atoms with E-state index in [1.54, 1.807) is 0 Å². The van der Waals surface area contributed by atoms with E-state index in [0.717, 1.165) is 25.8 Å². The molecule has 1 saturated heterocycles. The summed E-state index contributed by atoms with van der Waals surface area (Å²) in [6.45, 7) is 3.01. The number of hydrogen-bond acceptors (Lipinski definition) is 3. The van der Waals surface area contributed by atoms with E-state index in [2.05, 4.69) is 4.90 Å². The van der Waals surface area contributed by atoms with E-state index >= 15 is 0 Å². The smallest absolute Gasteiger partial charge is 0.0695 e. The minimum atomic E-state index is -0.228. The zero-order chi connectivity index (χ0) is 13.7. The molecular formula is C16H31NO2. The van der Waals surface area contributed by atoms with Crippen molar-refractivity contribution in [2.45, 2.75) is 95.4 Å². The molecule has 2 N–H and O–H groups in total. The Kier molecular flexibility index (Phi) is 6.11. The monoisotopic (exact) mass is 269 g/mol. The van der Waals surface area contributed by atoms with Crippen molar-refractivity contribution in [3.05, 3.63) is 0 Å². The molecule has 0 aromatic rings. The van der Waals surface area contributed by atoms with Gasteiger partial charge < -0.3 is 10.2 Å². The van der Waals surface area contributed by atoms with Gasteiger partial charge in [0, 0.05) is 12.1 Å². The highest BCUT2D eigenvalue weighted by molar-refractivity contribution is 4.88. The summed E-state index contributed by atoms with van der Waals surface area (Å²) in [5.41, 5.74) is 0. The largest absolute Gasteiger partial charge is 0.393 e. The molecule has 2 rings (SSSR count). The van der Waals surface area contributed by atoms with Crippen LogP contribution in [-0.4, -0.2) is 45.9 Å². The van der Waals surface area contributed by atoms with Gasteiger partial charge in [0.05, 0.1) is 12.2 Å². The number of nitrogens with zero attached hydrogens (tertiary/aromatic N) is 1. The number of rotatable bonds is 3. The van der Waals surface area contributed by atoms with Gasteiger partial charge in [-0.05, 0) is 45.6 Å². The lowest BCUT2D eigenvalue weighted by Gasteiger charge is -2.39. The second-order valence-electron chi connectivity index (χ2n) is 6.60. The molecule has 1 heterocycles. The molecule has 0 aromatic heterocycles. The minimum Gasteiger partial charge on any atom is -0.393 e. The van der Waals surface area contributed by atoms with Crippen LogP contribution in [0.2, 0.25) is 0 Å². The van der Waals surface area contributed by atoms with E-state index in [4.69, 9.17) is 0 Å². The molecule has 0 spiro atoms. The van der Waals surface area contributed by atoms with Gasteiger partial charge >= 0.3 is 0 Å². The normalized spacial score (nSPS) is 36.5. The molecule has 19 heavy (non-hydrogen) atoms. The maximum Gasteiger partial charge on any atom is 0.0695 e. The summed E-state index contributed by atoms with van der Waals surface area (Å²) in [4.78, 5) is 2.55. The molecule has 0 aromatic carbocycles. The van der Waals surface area contributed by atoms with Crippen molar-refractivity contribution in [2.75, 3.05) is 6.54 Å². The molecule has 1 aliphatic heterocycles. The van der Waals surface area contributed by atoms with Gasteiger partial charge in [0.2, 0.25) is 0 Å². The predicted molar refractivity (Wildman–Crippen MR) is 78.1 cm³/mol. The zero-order valence-corrected chi connectivity index (χ0v) is 12.4. The van der Waals surface area contributed by atoms with Gasteiger partial charge in [-0.1, -0.05) is 32.1 Å². The maximum atomic E-state index is 10.4. The van der Waals surface area contributed by atoms with Crippen LogP contribution in [-0.2, 0) is 0 Å². The molecule has 0 radical (unpaired) electrons. The van der Waals surface area contributed by atoms with Gasteiger partial charge in [-0.3, -0.25) is 4.90 Å². The number of likely N-dealkylation sites (tertiary alicyclic amines) is 1. The van der Waals surface area contributed by atoms with Crippen LogP contribution < -0.4 is 0 Å². The molecule has 1 saturated carbocycles. The van der Waals surface area contributed by atoms with Crippen molar-refractivity contribution >= 4 is 0 Å². The number of aliphatic hydroxyl groups is 2. The van der Waals surface area contributed by atoms with Crippen LogP contribution >= 0.6 is 0 Å².